The maximum atomic E-state index is 12.3. The van der Waals surface area contributed by atoms with E-state index in [-0.39, 0.29) is 5.91 Å². The highest BCUT2D eigenvalue weighted by atomic mass is 16.3. The molecule has 2 aromatic rings. The third-order valence-corrected chi connectivity index (χ3v) is 4.55. The summed E-state index contributed by atoms with van der Waals surface area (Å²) in [4.78, 5) is 28.3. The molecular weight excluding hydrogens is 320 g/mol. The van der Waals surface area contributed by atoms with Crippen LogP contribution in [0.15, 0.2) is 31.1 Å². The van der Waals surface area contributed by atoms with Gasteiger partial charge in [-0.2, -0.15) is 0 Å². The van der Waals surface area contributed by atoms with Crippen LogP contribution in [0.3, 0.4) is 0 Å². The molecule has 2 aromatic heterocycles. The van der Waals surface area contributed by atoms with E-state index in [0.29, 0.717) is 39.0 Å². The van der Waals surface area contributed by atoms with E-state index in [4.69, 9.17) is 0 Å². The lowest BCUT2D eigenvalue weighted by Crippen LogP contribution is -2.46. The second kappa shape index (κ2) is 7.18. The van der Waals surface area contributed by atoms with Gasteiger partial charge in [-0.25, -0.2) is 15.0 Å². The summed E-state index contributed by atoms with van der Waals surface area (Å²) in [6.45, 7) is 4.00. The largest absolute Gasteiger partial charge is 0.386 e. The predicted octanol–water partition coefficient (Wildman–Crippen LogP) is 0.471. The summed E-state index contributed by atoms with van der Waals surface area (Å²) >= 11 is 0. The Morgan fingerprint density at radius 3 is 3.00 bits per heavy atom. The summed E-state index contributed by atoms with van der Waals surface area (Å²) < 4.78 is 1.87. The van der Waals surface area contributed by atoms with Gasteiger partial charge in [0.25, 0.3) is 0 Å². The van der Waals surface area contributed by atoms with Crippen molar-refractivity contribution in [2.45, 2.75) is 31.9 Å². The molecule has 8 nitrogen and oxygen atoms in total. The number of aromatic nitrogens is 4. The first-order chi connectivity index (χ1) is 12.0. The lowest BCUT2D eigenvalue weighted by atomic mass is 10.0. The van der Waals surface area contributed by atoms with E-state index in [2.05, 4.69) is 15.0 Å². The van der Waals surface area contributed by atoms with Crippen LogP contribution in [-0.2, 0) is 11.3 Å². The first-order valence-corrected chi connectivity index (χ1v) is 8.41. The molecule has 1 N–H and O–H groups in total. The van der Waals surface area contributed by atoms with Crippen molar-refractivity contribution in [1.82, 2.24) is 24.4 Å². The topological polar surface area (TPSA) is 87.4 Å². The highest BCUT2D eigenvalue weighted by molar-refractivity contribution is 5.75. The molecule has 1 fully saturated rings. The highest BCUT2D eigenvalue weighted by Crippen LogP contribution is 2.26. The van der Waals surface area contributed by atoms with Gasteiger partial charge in [0, 0.05) is 57.3 Å². The molecule has 1 aliphatic heterocycles. The Balaban J connectivity index is 1.53. The number of hydrogen-bond acceptors (Lipinski definition) is 6. The second-order valence-electron chi connectivity index (χ2n) is 6.71. The van der Waals surface area contributed by atoms with E-state index in [1.807, 2.05) is 28.7 Å². The van der Waals surface area contributed by atoms with Crippen molar-refractivity contribution in [3.63, 3.8) is 0 Å². The quantitative estimate of drug-likeness (QED) is 0.820. The van der Waals surface area contributed by atoms with Crippen molar-refractivity contribution in [2.24, 2.45) is 0 Å². The summed E-state index contributed by atoms with van der Waals surface area (Å²) in [5.41, 5.74) is -0.0228. The lowest BCUT2D eigenvalue weighted by molar-refractivity contribution is -0.133. The molecule has 1 atom stereocenters. The number of rotatable bonds is 6. The summed E-state index contributed by atoms with van der Waals surface area (Å²) in [5, 5.41) is 10.9. The number of likely N-dealkylation sites (N-methyl/N-ethyl adjacent to an activating group) is 1. The van der Waals surface area contributed by atoms with Crippen molar-refractivity contribution in [3.05, 3.63) is 36.8 Å². The summed E-state index contributed by atoms with van der Waals surface area (Å²) in [6.07, 6.45) is 7.75. The van der Waals surface area contributed by atoms with E-state index < -0.39 is 5.60 Å². The molecular formula is C17H24N6O2. The number of carbonyl (C=O) groups excluding carboxylic acids is 1. The number of nitrogens with zero attached hydrogens (tertiary/aromatic N) is 6. The first kappa shape index (κ1) is 17.3. The Labute approximate surface area is 147 Å². The van der Waals surface area contributed by atoms with Crippen molar-refractivity contribution in [2.75, 3.05) is 31.6 Å². The molecule has 25 heavy (non-hydrogen) atoms. The summed E-state index contributed by atoms with van der Waals surface area (Å²) in [7, 11) is 1.74. The minimum Gasteiger partial charge on any atom is -0.386 e. The molecule has 0 aromatic carbocycles. The van der Waals surface area contributed by atoms with Gasteiger partial charge in [0.2, 0.25) is 5.91 Å². The molecule has 1 amide bonds. The normalized spacial score (nSPS) is 20.0. The molecule has 0 bridgehead atoms. The summed E-state index contributed by atoms with van der Waals surface area (Å²) in [5.74, 6) is 0.830. The van der Waals surface area contributed by atoms with Crippen LogP contribution in [0.25, 0.3) is 0 Å². The minimum atomic E-state index is -0.918. The molecule has 0 saturated carbocycles. The van der Waals surface area contributed by atoms with Crippen LogP contribution in [0.2, 0.25) is 0 Å². The maximum absolute atomic E-state index is 12.3. The smallest absolute Gasteiger partial charge is 0.224 e. The van der Waals surface area contributed by atoms with Crippen molar-refractivity contribution in [1.29, 1.82) is 0 Å². The molecule has 0 aliphatic carbocycles. The van der Waals surface area contributed by atoms with Crippen LogP contribution >= 0.6 is 0 Å². The molecule has 8 heteroatoms. The minimum absolute atomic E-state index is 0.0125. The number of amides is 1. The van der Waals surface area contributed by atoms with Gasteiger partial charge in [-0.05, 0) is 13.3 Å². The van der Waals surface area contributed by atoms with E-state index in [0.717, 1.165) is 11.5 Å². The predicted molar refractivity (Wildman–Crippen MR) is 93.0 cm³/mol. The maximum Gasteiger partial charge on any atom is 0.224 e. The van der Waals surface area contributed by atoms with E-state index in [1.54, 1.807) is 24.5 Å². The van der Waals surface area contributed by atoms with Crippen LogP contribution in [0.1, 0.15) is 18.5 Å². The van der Waals surface area contributed by atoms with Crippen LogP contribution in [-0.4, -0.2) is 67.7 Å². The Morgan fingerprint density at radius 2 is 2.28 bits per heavy atom. The third-order valence-electron chi connectivity index (χ3n) is 4.55. The first-order valence-electron chi connectivity index (χ1n) is 8.41. The molecule has 1 aliphatic rings. The Bertz CT molecular complexity index is 720. The van der Waals surface area contributed by atoms with Gasteiger partial charge in [0.05, 0.1) is 12.9 Å². The molecule has 134 valence electrons. The SMILES string of the molecule is Cc1cc(N2CC[C@@](O)(CN(C)C(=O)CCn3ccnc3)C2)ncn1. The molecule has 1 saturated heterocycles. The van der Waals surface area contributed by atoms with E-state index in [9.17, 15) is 9.90 Å². The number of β-amino-alcohol motifs (C(OH)–C–C–N with tert-alkyl or cyclic N) is 1. The number of imidazole rings is 1. The molecule has 0 spiro atoms. The van der Waals surface area contributed by atoms with Crippen molar-refractivity contribution < 1.29 is 9.90 Å². The van der Waals surface area contributed by atoms with E-state index in [1.165, 1.54) is 6.33 Å². The second-order valence-corrected chi connectivity index (χ2v) is 6.71. The zero-order chi connectivity index (χ0) is 17.9. The van der Waals surface area contributed by atoms with Gasteiger partial charge < -0.3 is 19.5 Å². The zero-order valence-electron chi connectivity index (χ0n) is 14.7. The van der Waals surface area contributed by atoms with Crippen molar-refractivity contribution >= 4 is 11.7 Å². The molecule has 3 rings (SSSR count). The van der Waals surface area contributed by atoms with Gasteiger partial charge in [0.15, 0.2) is 0 Å². The fourth-order valence-electron chi connectivity index (χ4n) is 3.16. The van der Waals surface area contributed by atoms with Gasteiger partial charge in [-0.3, -0.25) is 4.79 Å². The van der Waals surface area contributed by atoms with Crippen LogP contribution in [0.5, 0.6) is 0 Å². The molecule has 3 heterocycles. The zero-order valence-corrected chi connectivity index (χ0v) is 14.7. The Morgan fingerprint density at radius 1 is 1.44 bits per heavy atom. The van der Waals surface area contributed by atoms with Crippen LogP contribution in [0.4, 0.5) is 5.82 Å². The number of carbonyl (C=O) groups is 1. The monoisotopic (exact) mass is 344 g/mol. The fraction of sp³-hybridized carbons (Fsp3) is 0.529. The summed E-state index contributed by atoms with van der Waals surface area (Å²) in [6, 6.07) is 1.91. The number of aliphatic hydroxyl groups is 1. The Hall–Kier alpha value is -2.48. The molecule has 0 unspecified atom stereocenters. The average Bonchev–Trinajstić information content (AvgIpc) is 3.22. The lowest BCUT2D eigenvalue weighted by Gasteiger charge is -2.29. The fourth-order valence-corrected chi connectivity index (χ4v) is 3.16. The van der Waals surface area contributed by atoms with Gasteiger partial charge in [0.1, 0.15) is 17.7 Å². The average molecular weight is 344 g/mol. The van der Waals surface area contributed by atoms with Gasteiger partial charge in [-0.1, -0.05) is 0 Å². The van der Waals surface area contributed by atoms with Gasteiger partial charge in [-0.15, -0.1) is 0 Å². The third kappa shape index (κ3) is 4.33. The van der Waals surface area contributed by atoms with Crippen molar-refractivity contribution in [3.8, 4) is 0 Å². The number of hydrogen-bond donors (Lipinski definition) is 1. The van der Waals surface area contributed by atoms with Crippen LogP contribution in [0, 0.1) is 6.92 Å². The van der Waals surface area contributed by atoms with Gasteiger partial charge >= 0.3 is 0 Å². The number of aryl methyl sites for hydroxylation is 2. The molecule has 0 radical (unpaired) electrons. The van der Waals surface area contributed by atoms with E-state index >= 15 is 0 Å². The Kier molecular flexibility index (Phi) is 4.98. The standard InChI is InChI=1S/C17H24N6O2/c1-14-9-15(20-12-19-14)23-7-4-17(25,11-23)10-21(2)16(24)3-6-22-8-5-18-13-22/h5,8-9,12-13,25H,3-4,6-7,10-11H2,1-2H3/t17-/m1/s1. The van der Waals surface area contributed by atoms with Crippen LogP contribution < -0.4 is 4.90 Å². The highest BCUT2D eigenvalue weighted by Gasteiger charge is 2.38. The number of anilines is 1.